The molecule has 114 valence electrons. The number of likely N-dealkylation sites (N-methyl/N-ethyl adjacent to an activating group) is 1. The lowest BCUT2D eigenvalue weighted by atomic mass is 9.92. The molecule has 0 aliphatic heterocycles. The fraction of sp³-hybridized carbons (Fsp3) is 0.444. The third-order valence-electron chi connectivity index (χ3n) is 4.39. The minimum atomic E-state index is 0.138. The van der Waals surface area contributed by atoms with Crippen LogP contribution in [0.5, 0.6) is 0 Å². The molecule has 21 heavy (non-hydrogen) atoms. The van der Waals surface area contributed by atoms with Crippen LogP contribution in [-0.4, -0.2) is 18.0 Å². The quantitative estimate of drug-likeness (QED) is 0.849. The highest BCUT2D eigenvalue weighted by molar-refractivity contribution is 7.10. The van der Waals surface area contributed by atoms with Crippen LogP contribution in [0.2, 0.25) is 0 Å². The van der Waals surface area contributed by atoms with Gasteiger partial charge in [0.25, 0.3) is 0 Å². The van der Waals surface area contributed by atoms with Gasteiger partial charge in [-0.15, -0.1) is 11.3 Å². The van der Waals surface area contributed by atoms with Gasteiger partial charge in [-0.05, 0) is 49.9 Å². The zero-order valence-electron chi connectivity index (χ0n) is 13.4. The van der Waals surface area contributed by atoms with Gasteiger partial charge in [0.15, 0.2) is 0 Å². The Morgan fingerprint density at radius 3 is 2.48 bits per heavy atom. The monoisotopic (exact) mass is 302 g/mol. The normalized spacial score (nSPS) is 15.9. The van der Waals surface area contributed by atoms with Crippen molar-refractivity contribution in [2.24, 2.45) is 5.73 Å². The molecule has 2 N–H and O–H groups in total. The number of thiophene rings is 1. The van der Waals surface area contributed by atoms with Crippen LogP contribution in [0.15, 0.2) is 41.8 Å². The molecule has 0 aliphatic rings. The van der Waals surface area contributed by atoms with Crippen molar-refractivity contribution >= 4 is 11.3 Å². The molecular weight excluding hydrogens is 276 g/mol. The van der Waals surface area contributed by atoms with Crippen LogP contribution in [0.4, 0.5) is 0 Å². The van der Waals surface area contributed by atoms with Gasteiger partial charge in [-0.3, -0.25) is 4.90 Å². The molecule has 0 amide bonds. The third kappa shape index (κ3) is 3.54. The number of benzene rings is 1. The zero-order valence-corrected chi connectivity index (χ0v) is 14.2. The maximum Gasteiger partial charge on any atom is 0.0504 e. The van der Waals surface area contributed by atoms with Crippen molar-refractivity contribution in [2.75, 3.05) is 7.05 Å². The largest absolute Gasteiger partial charge is 0.326 e. The van der Waals surface area contributed by atoms with Gasteiger partial charge in [0.05, 0.1) is 6.04 Å². The third-order valence-corrected chi connectivity index (χ3v) is 5.43. The van der Waals surface area contributed by atoms with Crippen LogP contribution in [0.3, 0.4) is 0 Å². The second kappa shape index (κ2) is 7.21. The van der Waals surface area contributed by atoms with E-state index in [9.17, 15) is 0 Å². The molecule has 1 heterocycles. The minimum absolute atomic E-state index is 0.138. The Morgan fingerprint density at radius 2 is 1.90 bits per heavy atom. The first-order chi connectivity index (χ1) is 10.1. The Kier molecular flexibility index (Phi) is 5.57. The predicted molar refractivity (Wildman–Crippen MR) is 92.7 cm³/mol. The molecule has 0 fully saturated rings. The van der Waals surface area contributed by atoms with Gasteiger partial charge in [0.1, 0.15) is 0 Å². The molecular formula is C18H26N2S. The molecule has 0 spiro atoms. The van der Waals surface area contributed by atoms with Gasteiger partial charge in [-0.1, -0.05) is 37.3 Å². The van der Waals surface area contributed by atoms with Crippen molar-refractivity contribution in [1.82, 2.24) is 4.90 Å². The van der Waals surface area contributed by atoms with Gasteiger partial charge >= 0.3 is 0 Å². The van der Waals surface area contributed by atoms with Gasteiger partial charge in [0, 0.05) is 17.0 Å². The number of rotatable bonds is 6. The summed E-state index contributed by atoms with van der Waals surface area (Å²) in [6.07, 6.45) is 0.973. The van der Waals surface area contributed by atoms with E-state index < -0.39 is 0 Å². The maximum absolute atomic E-state index is 6.47. The summed E-state index contributed by atoms with van der Waals surface area (Å²) in [5.74, 6) is 0. The second-order valence-electron chi connectivity index (χ2n) is 5.73. The van der Waals surface area contributed by atoms with Gasteiger partial charge < -0.3 is 5.73 Å². The number of aryl methyl sites for hydroxylation is 1. The van der Waals surface area contributed by atoms with Crippen molar-refractivity contribution < 1.29 is 0 Å². The second-order valence-corrected chi connectivity index (χ2v) is 6.71. The molecule has 0 saturated heterocycles. The molecule has 0 radical (unpaired) electrons. The summed E-state index contributed by atoms with van der Waals surface area (Å²) >= 11 is 1.81. The van der Waals surface area contributed by atoms with Crippen molar-refractivity contribution in [3.63, 3.8) is 0 Å². The van der Waals surface area contributed by atoms with E-state index in [4.69, 9.17) is 5.73 Å². The summed E-state index contributed by atoms with van der Waals surface area (Å²) in [5, 5.41) is 2.14. The number of hydrogen-bond donors (Lipinski definition) is 1. The van der Waals surface area contributed by atoms with Crippen LogP contribution in [-0.2, 0) is 0 Å². The highest BCUT2D eigenvalue weighted by Crippen LogP contribution is 2.34. The average molecular weight is 302 g/mol. The van der Waals surface area contributed by atoms with E-state index in [1.54, 1.807) is 0 Å². The van der Waals surface area contributed by atoms with Gasteiger partial charge in [0.2, 0.25) is 0 Å². The molecule has 0 aliphatic carbocycles. The molecule has 2 aromatic rings. The fourth-order valence-electron chi connectivity index (χ4n) is 2.86. The van der Waals surface area contributed by atoms with Crippen molar-refractivity contribution in [1.29, 1.82) is 0 Å². The summed E-state index contributed by atoms with van der Waals surface area (Å²) in [4.78, 5) is 3.81. The molecule has 2 nitrogen and oxygen atoms in total. The first-order valence-electron chi connectivity index (χ1n) is 7.62. The fourth-order valence-corrected chi connectivity index (χ4v) is 3.70. The van der Waals surface area contributed by atoms with E-state index in [-0.39, 0.29) is 12.1 Å². The molecule has 0 bridgehead atoms. The Balaban J connectivity index is 2.34. The highest BCUT2D eigenvalue weighted by Gasteiger charge is 2.28. The predicted octanol–water partition coefficient (Wildman–Crippen LogP) is 4.53. The molecule has 1 aromatic carbocycles. The molecule has 3 heteroatoms. The molecule has 2 rings (SSSR count). The van der Waals surface area contributed by atoms with E-state index in [1.807, 2.05) is 11.3 Å². The van der Waals surface area contributed by atoms with Gasteiger partial charge in [-0.2, -0.15) is 0 Å². The van der Waals surface area contributed by atoms with E-state index in [2.05, 4.69) is 74.5 Å². The van der Waals surface area contributed by atoms with E-state index in [0.717, 1.165) is 6.42 Å². The van der Waals surface area contributed by atoms with Crippen LogP contribution in [0.1, 0.15) is 48.4 Å². The Bertz CT molecular complexity index is 550. The lowest BCUT2D eigenvalue weighted by Gasteiger charge is -2.37. The summed E-state index contributed by atoms with van der Waals surface area (Å²) in [5.41, 5.74) is 9.13. The first kappa shape index (κ1) is 16.2. The van der Waals surface area contributed by atoms with Crippen molar-refractivity contribution in [2.45, 2.75) is 45.3 Å². The Hall–Kier alpha value is -1.16. The van der Waals surface area contributed by atoms with Crippen LogP contribution >= 0.6 is 11.3 Å². The van der Waals surface area contributed by atoms with Crippen molar-refractivity contribution in [3.05, 3.63) is 57.8 Å². The topological polar surface area (TPSA) is 29.3 Å². The summed E-state index contributed by atoms with van der Waals surface area (Å²) in [7, 11) is 2.19. The highest BCUT2D eigenvalue weighted by atomic mass is 32.1. The SMILES string of the molecule is CCC(N)C(c1ccccc1C)N(C)C(C)c1cccs1. The van der Waals surface area contributed by atoms with E-state index in [1.165, 1.54) is 16.0 Å². The number of nitrogens with two attached hydrogens (primary N) is 1. The Labute approximate surface area is 132 Å². The van der Waals surface area contributed by atoms with Crippen LogP contribution in [0.25, 0.3) is 0 Å². The summed E-state index contributed by atoms with van der Waals surface area (Å²) in [6.45, 7) is 6.60. The minimum Gasteiger partial charge on any atom is -0.326 e. The maximum atomic E-state index is 6.47. The van der Waals surface area contributed by atoms with Crippen LogP contribution in [0, 0.1) is 6.92 Å². The molecule has 3 atom stereocenters. The molecule has 3 unspecified atom stereocenters. The van der Waals surface area contributed by atoms with E-state index >= 15 is 0 Å². The van der Waals surface area contributed by atoms with Gasteiger partial charge in [-0.25, -0.2) is 0 Å². The lowest BCUT2D eigenvalue weighted by molar-refractivity contribution is 0.160. The van der Waals surface area contributed by atoms with Crippen molar-refractivity contribution in [3.8, 4) is 0 Å². The number of hydrogen-bond acceptors (Lipinski definition) is 3. The van der Waals surface area contributed by atoms with E-state index in [0.29, 0.717) is 6.04 Å². The Morgan fingerprint density at radius 1 is 1.19 bits per heavy atom. The average Bonchev–Trinajstić information content (AvgIpc) is 3.02. The standard InChI is InChI=1S/C18H26N2S/c1-5-16(19)18(15-10-7-6-9-13(15)2)20(4)14(3)17-11-8-12-21-17/h6-12,14,16,18H,5,19H2,1-4H3. The first-order valence-corrected chi connectivity index (χ1v) is 8.50. The lowest BCUT2D eigenvalue weighted by Crippen LogP contribution is -2.40. The smallest absolute Gasteiger partial charge is 0.0504 e. The number of nitrogens with zero attached hydrogens (tertiary/aromatic N) is 1. The zero-order chi connectivity index (χ0) is 15.4. The summed E-state index contributed by atoms with van der Waals surface area (Å²) in [6, 6.07) is 13.7. The van der Waals surface area contributed by atoms with Crippen LogP contribution < -0.4 is 5.73 Å². The summed E-state index contributed by atoms with van der Waals surface area (Å²) < 4.78 is 0. The molecule has 0 saturated carbocycles. The molecule has 1 aromatic heterocycles.